The standard InChI is InChI=1S/C12H26N2O2/c1-9(2)7-12(4,16)8-13-10(3)11(15)14(5)6/h9-10,13,16H,7-8H2,1-6H3. The zero-order valence-corrected chi connectivity index (χ0v) is 11.4. The zero-order valence-electron chi connectivity index (χ0n) is 11.4. The number of hydrogen-bond acceptors (Lipinski definition) is 3. The second-order valence-corrected chi connectivity index (χ2v) is 5.43. The van der Waals surface area contributed by atoms with E-state index in [4.69, 9.17) is 0 Å². The Balaban J connectivity index is 4.09. The number of hydrogen-bond donors (Lipinski definition) is 2. The van der Waals surface area contributed by atoms with Gasteiger partial charge in [0.25, 0.3) is 0 Å². The number of carbonyl (C=O) groups is 1. The monoisotopic (exact) mass is 230 g/mol. The molecule has 0 aromatic heterocycles. The molecule has 4 nitrogen and oxygen atoms in total. The Morgan fingerprint density at radius 1 is 1.38 bits per heavy atom. The first-order chi connectivity index (χ1) is 7.15. The van der Waals surface area contributed by atoms with Gasteiger partial charge in [-0.2, -0.15) is 0 Å². The Kier molecular flexibility index (Phi) is 5.97. The minimum Gasteiger partial charge on any atom is -0.389 e. The molecule has 0 spiro atoms. The maximum absolute atomic E-state index is 11.6. The molecule has 0 fully saturated rings. The average Bonchev–Trinajstić information content (AvgIpc) is 2.10. The van der Waals surface area contributed by atoms with Crippen LogP contribution in [0.2, 0.25) is 0 Å². The molecule has 2 N–H and O–H groups in total. The molecule has 0 aromatic rings. The molecule has 16 heavy (non-hydrogen) atoms. The maximum Gasteiger partial charge on any atom is 0.238 e. The molecule has 1 amide bonds. The second-order valence-electron chi connectivity index (χ2n) is 5.43. The van der Waals surface area contributed by atoms with E-state index in [0.29, 0.717) is 12.5 Å². The number of nitrogens with zero attached hydrogens (tertiary/aromatic N) is 1. The first-order valence-corrected chi connectivity index (χ1v) is 5.82. The van der Waals surface area contributed by atoms with Crippen LogP contribution in [-0.2, 0) is 4.79 Å². The van der Waals surface area contributed by atoms with Crippen LogP contribution in [-0.4, -0.2) is 48.2 Å². The lowest BCUT2D eigenvalue weighted by atomic mass is 9.94. The van der Waals surface area contributed by atoms with Crippen molar-refractivity contribution in [1.82, 2.24) is 10.2 Å². The summed E-state index contributed by atoms with van der Waals surface area (Å²) < 4.78 is 0. The lowest BCUT2D eigenvalue weighted by Gasteiger charge is -2.28. The maximum atomic E-state index is 11.6. The molecule has 2 unspecified atom stereocenters. The Morgan fingerprint density at radius 2 is 1.88 bits per heavy atom. The number of amides is 1. The summed E-state index contributed by atoms with van der Waals surface area (Å²) in [5.74, 6) is 0.469. The summed E-state index contributed by atoms with van der Waals surface area (Å²) in [5, 5.41) is 13.1. The van der Waals surface area contributed by atoms with Crippen molar-refractivity contribution < 1.29 is 9.90 Å². The molecule has 0 saturated heterocycles. The van der Waals surface area contributed by atoms with Gasteiger partial charge in [-0.3, -0.25) is 4.79 Å². The van der Waals surface area contributed by atoms with E-state index in [1.807, 2.05) is 6.92 Å². The molecule has 0 aromatic carbocycles. The molecular weight excluding hydrogens is 204 g/mol. The van der Waals surface area contributed by atoms with Gasteiger partial charge in [0.2, 0.25) is 5.91 Å². The Bertz CT molecular complexity index is 225. The van der Waals surface area contributed by atoms with Gasteiger partial charge in [0.05, 0.1) is 11.6 Å². The van der Waals surface area contributed by atoms with Crippen LogP contribution in [0, 0.1) is 5.92 Å². The van der Waals surface area contributed by atoms with Gasteiger partial charge in [0.1, 0.15) is 0 Å². The largest absolute Gasteiger partial charge is 0.389 e. The summed E-state index contributed by atoms with van der Waals surface area (Å²) >= 11 is 0. The molecule has 0 aliphatic rings. The van der Waals surface area contributed by atoms with Crippen LogP contribution in [0.1, 0.15) is 34.1 Å². The Labute approximate surface area is 99.0 Å². The van der Waals surface area contributed by atoms with E-state index >= 15 is 0 Å². The van der Waals surface area contributed by atoms with E-state index in [0.717, 1.165) is 6.42 Å². The van der Waals surface area contributed by atoms with E-state index in [1.54, 1.807) is 25.9 Å². The lowest BCUT2D eigenvalue weighted by molar-refractivity contribution is -0.130. The quantitative estimate of drug-likeness (QED) is 0.711. The van der Waals surface area contributed by atoms with Gasteiger partial charge in [-0.05, 0) is 26.2 Å². The first-order valence-electron chi connectivity index (χ1n) is 5.82. The predicted molar refractivity (Wildman–Crippen MR) is 66.2 cm³/mol. The van der Waals surface area contributed by atoms with Crippen molar-refractivity contribution in [3.8, 4) is 0 Å². The van der Waals surface area contributed by atoms with Crippen molar-refractivity contribution in [2.45, 2.75) is 45.8 Å². The Morgan fingerprint density at radius 3 is 2.25 bits per heavy atom. The van der Waals surface area contributed by atoms with E-state index < -0.39 is 5.60 Å². The van der Waals surface area contributed by atoms with Crippen LogP contribution < -0.4 is 5.32 Å². The van der Waals surface area contributed by atoms with Crippen LogP contribution >= 0.6 is 0 Å². The second kappa shape index (κ2) is 6.21. The van der Waals surface area contributed by atoms with Crippen molar-refractivity contribution in [3.63, 3.8) is 0 Å². The fraction of sp³-hybridized carbons (Fsp3) is 0.917. The molecule has 0 heterocycles. The molecule has 0 saturated carbocycles. The van der Waals surface area contributed by atoms with Gasteiger partial charge in [-0.1, -0.05) is 13.8 Å². The summed E-state index contributed by atoms with van der Waals surface area (Å²) in [6, 6.07) is -0.256. The van der Waals surface area contributed by atoms with Gasteiger partial charge in [0, 0.05) is 20.6 Å². The number of nitrogens with one attached hydrogen (secondary N) is 1. The first kappa shape index (κ1) is 15.4. The van der Waals surface area contributed by atoms with E-state index in [9.17, 15) is 9.90 Å². The SMILES string of the molecule is CC(C)CC(C)(O)CNC(C)C(=O)N(C)C. The Hall–Kier alpha value is -0.610. The summed E-state index contributed by atoms with van der Waals surface area (Å²) in [6.07, 6.45) is 0.725. The molecular formula is C12H26N2O2. The van der Waals surface area contributed by atoms with Crippen LogP contribution in [0.25, 0.3) is 0 Å². The normalized spacial score (nSPS) is 17.0. The number of aliphatic hydroxyl groups is 1. The van der Waals surface area contributed by atoms with Gasteiger partial charge in [-0.15, -0.1) is 0 Å². The highest BCUT2D eigenvalue weighted by Crippen LogP contribution is 2.15. The number of likely N-dealkylation sites (N-methyl/N-ethyl adjacent to an activating group) is 1. The summed E-state index contributed by atoms with van der Waals surface area (Å²) in [5.41, 5.74) is -0.755. The van der Waals surface area contributed by atoms with Crippen LogP contribution in [0.5, 0.6) is 0 Å². The fourth-order valence-electron chi connectivity index (χ4n) is 1.80. The zero-order chi connectivity index (χ0) is 12.9. The number of carbonyl (C=O) groups excluding carboxylic acids is 1. The molecule has 0 rings (SSSR count). The molecule has 4 heteroatoms. The van der Waals surface area contributed by atoms with Crippen molar-refractivity contribution in [2.24, 2.45) is 5.92 Å². The van der Waals surface area contributed by atoms with E-state index in [1.165, 1.54) is 0 Å². The van der Waals surface area contributed by atoms with Gasteiger partial charge >= 0.3 is 0 Å². The lowest BCUT2D eigenvalue weighted by Crippen LogP contribution is -2.48. The van der Waals surface area contributed by atoms with Crippen LogP contribution in [0.15, 0.2) is 0 Å². The minimum absolute atomic E-state index is 0.0281. The molecule has 0 aliphatic heterocycles. The highest BCUT2D eigenvalue weighted by atomic mass is 16.3. The number of rotatable bonds is 6. The smallest absolute Gasteiger partial charge is 0.238 e. The fourth-order valence-corrected chi connectivity index (χ4v) is 1.80. The predicted octanol–water partition coefficient (Wildman–Crippen LogP) is 0.850. The average molecular weight is 230 g/mol. The molecule has 0 bridgehead atoms. The van der Waals surface area contributed by atoms with Crippen molar-refractivity contribution in [1.29, 1.82) is 0 Å². The van der Waals surface area contributed by atoms with Crippen LogP contribution in [0.3, 0.4) is 0 Å². The summed E-state index contributed by atoms with van der Waals surface area (Å²) in [4.78, 5) is 13.1. The van der Waals surface area contributed by atoms with Crippen molar-refractivity contribution in [2.75, 3.05) is 20.6 Å². The summed E-state index contributed by atoms with van der Waals surface area (Å²) in [7, 11) is 3.46. The molecule has 96 valence electrons. The molecule has 2 atom stereocenters. The third-order valence-electron chi connectivity index (χ3n) is 2.45. The topological polar surface area (TPSA) is 52.6 Å². The summed E-state index contributed by atoms with van der Waals surface area (Å²) in [6.45, 7) is 8.19. The van der Waals surface area contributed by atoms with Gasteiger partial charge in [0.15, 0.2) is 0 Å². The molecule has 0 radical (unpaired) electrons. The van der Waals surface area contributed by atoms with E-state index in [2.05, 4.69) is 19.2 Å². The third kappa shape index (κ3) is 6.08. The van der Waals surface area contributed by atoms with Gasteiger partial charge < -0.3 is 15.3 Å². The van der Waals surface area contributed by atoms with E-state index in [-0.39, 0.29) is 11.9 Å². The van der Waals surface area contributed by atoms with Crippen molar-refractivity contribution in [3.05, 3.63) is 0 Å². The third-order valence-corrected chi connectivity index (χ3v) is 2.45. The van der Waals surface area contributed by atoms with Crippen LogP contribution in [0.4, 0.5) is 0 Å². The van der Waals surface area contributed by atoms with Gasteiger partial charge in [-0.25, -0.2) is 0 Å². The minimum atomic E-state index is -0.755. The molecule has 0 aliphatic carbocycles. The highest BCUT2D eigenvalue weighted by molar-refractivity contribution is 5.80. The van der Waals surface area contributed by atoms with Crippen molar-refractivity contribution >= 4 is 5.91 Å². The highest BCUT2D eigenvalue weighted by Gasteiger charge is 2.24.